The van der Waals surface area contributed by atoms with Crippen LogP contribution in [-0.4, -0.2) is 17.6 Å². The molecule has 0 bridgehead atoms. The highest BCUT2D eigenvalue weighted by atomic mass is 32.1. The molecular formula is C17H23N3S. The van der Waals surface area contributed by atoms with Crippen molar-refractivity contribution in [3.63, 3.8) is 0 Å². The summed E-state index contributed by atoms with van der Waals surface area (Å²) in [5, 5.41) is 7.91. The second-order valence-electron chi connectivity index (χ2n) is 5.69. The van der Waals surface area contributed by atoms with E-state index in [0.717, 1.165) is 18.9 Å². The number of hydrogen-bond acceptors (Lipinski definition) is 4. The molecule has 1 aliphatic rings. The highest BCUT2D eigenvalue weighted by molar-refractivity contribution is 7.07. The van der Waals surface area contributed by atoms with Crippen LogP contribution in [0.25, 0.3) is 0 Å². The number of nitrogens with one attached hydrogen (secondary N) is 1. The van der Waals surface area contributed by atoms with Gasteiger partial charge in [-0.05, 0) is 54.8 Å². The Morgan fingerprint density at radius 1 is 1.43 bits per heavy atom. The van der Waals surface area contributed by atoms with Crippen LogP contribution in [0, 0.1) is 0 Å². The standard InChI is InChI=1S/C17H23N3S/c1-3-18-13(2)16-5-4-9-19-17(16)20(15-6-7-15)11-14-8-10-21-12-14/h4-5,8-10,12-13,15,18H,3,6-7,11H2,1-2H3. The molecule has 2 aromatic heterocycles. The topological polar surface area (TPSA) is 28.2 Å². The Labute approximate surface area is 131 Å². The second-order valence-corrected chi connectivity index (χ2v) is 6.47. The third-order valence-corrected chi connectivity index (χ3v) is 4.72. The summed E-state index contributed by atoms with van der Waals surface area (Å²) >= 11 is 1.77. The molecule has 0 aliphatic heterocycles. The van der Waals surface area contributed by atoms with E-state index in [1.807, 2.05) is 12.3 Å². The summed E-state index contributed by atoms with van der Waals surface area (Å²) in [6.45, 7) is 6.32. The zero-order valence-electron chi connectivity index (χ0n) is 12.7. The lowest BCUT2D eigenvalue weighted by Gasteiger charge is -2.27. The molecule has 1 unspecified atom stereocenters. The molecule has 3 rings (SSSR count). The molecule has 0 saturated heterocycles. The van der Waals surface area contributed by atoms with Crippen LogP contribution in [-0.2, 0) is 6.54 Å². The molecule has 2 aromatic rings. The Kier molecular flexibility index (Phi) is 4.56. The van der Waals surface area contributed by atoms with Crippen molar-refractivity contribution < 1.29 is 0 Å². The summed E-state index contributed by atoms with van der Waals surface area (Å²) < 4.78 is 0. The molecule has 1 saturated carbocycles. The molecule has 1 aliphatic carbocycles. The molecule has 1 atom stereocenters. The van der Waals surface area contributed by atoms with Crippen LogP contribution in [0.15, 0.2) is 35.2 Å². The van der Waals surface area contributed by atoms with Gasteiger partial charge < -0.3 is 10.2 Å². The summed E-state index contributed by atoms with van der Waals surface area (Å²) in [7, 11) is 0. The van der Waals surface area contributed by atoms with Crippen LogP contribution in [0.1, 0.15) is 43.9 Å². The highest BCUT2D eigenvalue weighted by Crippen LogP contribution is 2.35. The smallest absolute Gasteiger partial charge is 0.133 e. The lowest BCUT2D eigenvalue weighted by molar-refractivity contribution is 0.592. The van der Waals surface area contributed by atoms with Gasteiger partial charge in [0.15, 0.2) is 0 Å². The maximum absolute atomic E-state index is 4.71. The van der Waals surface area contributed by atoms with E-state index in [9.17, 15) is 0 Å². The van der Waals surface area contributed by atoms with Gasteiger partial charge in [0.1, 0.15) is 5.82 Å². The van der Waals surface area contributed by atoms with Crippen molar-refractivity contribution in [3.05, 3.63) is 46.3 Å². The lowest BCUT2D eigenvalue weighted by atomic mass is 10.1. The van der Waals surface area contributed by atoms with E-state index >= 15 is 0 Å². The van der Waals surface area contributed by atoms with Gasteiger partial charge in [-0.3, -0.25) is 0 Å². The maximum atomic E-state index is 4.71. The third kappa shape index (κ3) is 3.44. The number of anilines is 1. The first-order valence-corrected chi connectivity index (χ1v) is 8.70. The average Bonchev–Trinajstić information content (AvgIpc) is 3.22. The normalized spacial score (nSPS) is 15.9. The Balaban J connectivity index is 1.88. The first-order chi connectivity index (χ1) is 10.3. The zero-order chi connectivity index (χ0) is 14.7. The van der Waals surface area contributed by atoms with Gasteiger partial charge >= 0.3 is 0 Å². The highest BCUT2D eigenvalue weighted by Gasteiger charge is 2.31. The lowest BCUT2D eigenvalue weighted by Crippen LogP contribution is -2.29. The molecule has 0 radical (unpaired) electrons. The Hall–Kier alpha value is -1.39. The molecule has 0 amide bonds. The Morgan fingerprint density at radius 2 is 2.29 bits per heavy atom. The quantitative estimate of drug-likeness (QED) is 0.838. The Morgan fingerprint density at radius 3 is 2.95 bits per heavy atom. The van der Waals surface area contributed by atoms with Crippen LogP contribution in [0.4, 0.5) is 5.82 Å². The van der Waals surface area contributed by atoms with Crippen molar-refractivity contribution in [2.45, 2.75) is 45.3 Å². The number of thiophene rings is 1. The van der Waals surface area contributed by atoms with Crippen LogP contribution >= 0.6 is 11.3 Å². The minimum Gasteiger partial charge on any atom is -0.349 e. The number of hydrogen-bond donors (Lipinski definition) is 1. The molecule has 1 N–H and O–H groups in total. The first-order valence-electron chi connectivity index (χ1n) is 7.75. The summed E-state index contributed by atoms with van der Waals surface area (Å²) in [6, 6.07) is 7.46. The number of pyridine rings is 1. The van der Waals surface area contributed by atoms with Gasteiger partial charge in [-0.25, -0.2) is 4.98 Å². The van der Waals surface area contributed by atoms with Crippen LogP contribution in [0.5, 0.6) is 0 Å². The predicted molar refractivity (Wildman–Crippen MR) is 89.9 cm³/mol. The van der Waals surface area contributed by atoms with Gasteiger partial charge in [0, 0.05) is 30.4 Å². The van der Waals surface area contributed by atoms with Gasteiger partial charge in [0.05, 0.1) is 0 Å². The SMILES string of the molecule is CCNC(C)c1cccnc1N(Cc1ccsc1)C1CC1. The van der Waals surface area contributed by atoms with E-state index in [0.29, 0.717) is 12.1 Å². The molecule has 1 fully saturated rings. The molecule has 0 spiro atoms. The van der Waals surface area contributed by atoms with Crippen molar-refractivity contribution in [1.82, 2.24) is 10.3 Å². The van der Waals surface area contributed by atoms with E-state index in [4.69, 9.17) is 4.98 Å². The van der Waals surface area contributed by atoms with E-state index in [2.05, 4.69) is 47.0 Å². The molecular weight excluding hydrogens is 278 g/mol. The maximum Gasteiger partial charge on any atom is 0.133 e. The third-order valence-electron chi connectivity index (χ3n) is 3.99. The van der Waals surface area contributed by atoms with Gasteiger partial charge in [0.25, 0.3) is 0 Å². The minimum atomic E-state index is 0.336. The predicted octanol–water partition coefficient (Wildman–Crippen LogP) is 3.98. The van der Waals surface area contributed by atoms with Crippen LogP contribution in [0.2, 0.25) is 0 Å². The molecule has 112 valence electrons. The number of aromatic nitrogens is 1. The van der Waals surface area contributed by atoms with Gasteiger partial charge in [0.2, 0.25) is 0 Å². The van der Waals surface area contributed by atoms with Crippen LogP contribution < -0.4 is 10.2 Å². The van der Waals surface area contributed by atoms with Gasteiger partial charge in [-0.2, -0.15) is 11.3 Å². The zero-order valence-corrected chi connectivity index (χ0v) is 13.6. The van der Waals surface area contributed by atoms with Crippen molar-refractivity contribution in [1.29, 1.82) is 0 Å². The van der Waals surface area contributed by atoms with Gasteiger partial charge in [-0.15, -0.1) is 0 Å². The summed E-state index contributed by atoms with van der Waals surface area (Å²) in [6.07, 6.45) is 4.49. The second kappa shape index (κ2) is 6.58. The molecule has 0 aromatic carbocycles. The summed E-state index contributed by atoms with van der Waals surface area (Å²) in [5.41, 5.74) is 2.70. The van der Waals surface area contributed by atoms with Crippen molar-refractivity contribution >= 4 is 17.2 Å². The van der Waals surface area contributed by atoms with Crippen molar-refractivity contribution in [3.8, 4) is 0 Å². The van der Waals surface area contributed by atoms with E-state index < -0.39 is 0 Å². The monoisotopic (exact) mass is 301 g/mol. The van der Waals surface area contributed by atoms with Gasteiger partial charge in [-0.1, -0.05) is 13.0 Å². The number of nitrogens with zero attached hydrogens (tertiary/aromatic N) is 2. The summed E-state index contributed by atoms with van der Waals surface area (Å²) in [4.78, 5) is 7.20. The fraction of sp³-hybridized carbons (Fsp3) is 0.471. The molecule has 2 heterocycles. The largest absolute Gasteiger partial charge is 0.349 e. The molecule has 4 heteroatoms. The molecule has 21 heavy (non-hydrogen) atoms. The van der Waals surface area contributed by atoms with Crippen LogP contribution in [0.3, 0.4) is 0 Å². The van der Waals surface area contributed by atoms with Crippen molar-refractivity contribution in [2.75, 3.05) is 11.4 Å². The minimum absolute atomic E-state index is 0.336. The Bertz CT molecular complexity index is 563. The fourth-order valence-corrected chi connectivity index (χ4v) is 3.41. The number of rotatable bonds is 7. The van der Waals surface area contributed by atoms with E-state index in [1.54, 1.807) is 11.3 Å². The first kappa shape index (κ1) is 14.5. The van der Waals surface area contributed by atoms with E-state index in [1.165, 1.54) is 24.0 Å². The van der Waals surface area contributed by atoms with E-state index in [-0.39, 0.29) is 0 Å². The summed E-state index contributed by atoms with van der Waals surface area (Å²) in [5.74, 6) is 1.15. The molecule has 3 nitrogen and oxygen atoms in total. The average molecular weight is 301 g/mol. The fourth-order valence-electron chi connectivity index (χ4n) is 2.75. The van der Waals surface area contributed by atoms with Crippen molar-refractivity contribution in [2.24, 2.45) is 0 Å².